The summed E-state index contributed by atoms with van der Waals surface area (Å²) >= 11 is 0. The highest BCUT2D eigenvalue weighted by Crippen LogP contribution is 2.26. The van der Waals surface area contributed by atoms with Crippen LogP contribution in [0.15, 0.2) is 57.8 Å². The van der Waals surface area contributed by atoms with E-state index in [1.54, 1.807) is 23.1 Å². The van der Waals surface area contributed by atoms with Crippen LogP contribution in [0.1, 0.15) is 13.8 Å². The van der Waals surface area contributed by atoms with Crippen LogP contribution in [-0.4, -0.2) is 44.2 Å². The van der Waals surface area contributed by atoms with Crippen molar-refractivity contribution in [3.05, 3.63) is 54.3 Å². The highest BCUT2D eigenvalue weighted by Gasteiger charge is 2.26. The van der Waals surface area contributed by atoms with Gasteiger partial charge in [0.25, 0.3) is 10.0 Å². The number of rotatable bonds is 6. The summed E-state index contributed by atoms with van der Waals surface area (Å²) in [4.78, 5) is 14.3. The molecule has 2 aromatic rings. The molecule has 3 rings (SSSR count). The second kappa shape index (κ2) is 8.07. The number of para-hydroxylation sites is 1. The molecule has 1 amide bonds. The number of fused-ring (bicyclic) bond motifs is 1. The third-order valence-corrected chi connectivity index (χ3v) is 5.60. The smallest absolute Gasteiger partial charge is 0.286 e. The minimum absolute atomic E-state index is 0.0252. The number of carbonyl (C=O) groups excluding carboxylic acids is 1. The molecule has 0 saturated carbocycles. The largest absolute Gasteiger partial charge is 0.341 e. The lowest BCUT2D eigenvalue weighted by atomic mass is 10.2. The van der Waals surface area contributed by atoms with Crippen molar-refractivity contribution in [1.29, 1.82) is 0 Å². The lowest BCUT2D eigenvalue weighted by molar-refractivity contribution is -0.117. The number of carbonyl (C=O) groups is 1. The number of amides is 1. The first-order valence-corrected chi connectivity index (χ1v) is 10.2. The third-order valence-electron chi connectivity index (χ3n) is 4.23. The molecule has 7 nitrogen and oxygen atoms in total. The van der Waals surface area contributed by atoms with Gasteiger partial charge in [0.05, 0.1) is 18.8 Å². The Morgan fingerprint density at radius 3 is 2.54 bits per heavy atom. The van der Waals surface area contributed by atoms with Gasteiger partial charge in [-0.25, -0.2) is 4.39 Å². The normalized spacial score (nSPS) is 15.0. The fraction of sp³-hybridized carbons (Fsp3) is 0.263. The zero-order valence-electron chi connectivity index (χ0n) is 15.5. The first-order valence-electron chi connectivity index (χ1n) is 8.74. The molecule has 1 heterocycles. The maximum atomic E-state index is 13.0. The van der Waals surface area contributed by atoms with E-state index in [9.17, 15) is 17.6 Å². The predicted octanol–water partition coefficient (Wildman–Crippen LogP) is 2.69. The number of hydrogen-bond donors (Lipinski definition) is 2. The van der Waals surface area contributed by atoms with E-state index in [0.29, 0.717) is 11.4 Å². The van der Waals surface area contributed by atoms with Gasteiger partial charge in [0.1, 0.15) is 16.5 Å². The molecule has 0 radical (unpaired) electrons. The fourth-order valence-electron chi connectivity index (χ4n) is 2.77. The SMILES string of the molecule is CC(C)N(CC(=O)Nc1ccc(F)cc1)CC1=NS(=O)(=O)c2ccccc2N1. The van der Waals surface area contributed by atoms with Gasteiger partial charge in [-0.1, -0.05) is 12.1 Å². The van der Waals surface area contributed by atoms with Crippen LogP contribution in [0.2, 0.25) is 0 Å². The first kappa shape index (κ1) is 20.0. The van der Waals surface area contributed by atoms with Crippen LogP contribution >= 0.6 is 0 Å². The van der Waals surface area contributed by atoms with Gasteiger partial charge in [-0.3, -0.25) is 9.69 Å². The summed E-state index contributed by atoms with van der Waals surface area (Å²) < 4.78 is 41.6. The molecule has 148 valence electrons. The molecule has 28 heavy (non-hydrogen) atoms. The second-order valence-electron chi connectivity index (χ2n) is 6.69. The van der Waals surface area contributed by atoms with E-state index in [1.807, 2.05) is 13.8 Å². The average Bonchev–Trinajstić information content (AvgIpc) is 2.62. The molecule has 0 unspecified atom stereocenters. The van der Waals surface area contributed by atoms with Crippen LogP contribution in [0, 0.1) is 5.82 Å². The van der Waals surface area contributed by atoms with E-state index in [0.717, 1.165) is 0 Å². The van der Waals surface area contributed by atoms with E-state index in [2.05, 4.69) is 15.0 Å². The standard InChI is InChI=1S/C19H21FN4O3S/c1-13(2)24(12-19(25)21-15-9-7-14(20)8-10-15)11-18-22-16-5-3-4-6-17(16)28(26,27)23-18/h3-10,13H,11-12H2,1-2H3,(H,21,25)(H,22,23). The Bertz CT molecular complexity index is 1000. The molecule has 1 aliphatic rings. The highest BCUT2D eigenvalue weighted by molar-refractivity contribution is 7.90. The summed E-state index contributed by atoms with van der Waals surface area (Å²) in [5.74, 6) is -0.424. The highest BCUT2D eigenvalue weighted by atomic mass is 32.2. The van der Waals surface area contributed by atoms with Crippen molar-refractivity contribution in [1.82, 2.24) is 4.90 Å². The number of benzene rings is 2. The van der Waals surface area contributed by atoms with Crippen molar-refractivity contribution in [2.24, 2.45) is 4.40 Å². The quantitative estimate of drug-likeness (QED) is 0.773. The number of sulfonamides is 1. The van der Waals surface area contributed by atoms with Crippen LogP contribution in [0.5, 0.6) is 0 Å². The Labute approximate surface area is 163 Å². The molecule has 0 saturated heterocycles. The van der Waals surface area contributed by atoms with Gasteiger partial charge in [-0.2, -0.15) is 8.42 Å². The Hall–Kier alpha value is -2.78. The van der Waals surface area contributed by atoms with E-state index in [4.69, 9.17) is 0 Å². The second-order valence-corrected chi connectivity index (χ2v) is 8.26. The predicted molar refractivity (Wildman–Crippen MR) is 106 cm³/mol. The molecule has 0 bridgehead atoms. The monoisotopic (exact) mass is 404 g/mol. The average molecular weight is 404 g/mol. The van der Waals surface area contributed by atoms with Gasteiger partial charge in [-0.15, -0.1) is 4.40 Å². The zero-order valence-corrected chi connectivity index (χ0v) is 16.3. The zero-order chi connectivity index (χ0) is 20.3. The van der Waals surface area contributed by atoms with Gasteiger partial charge in [0.2, 0.25) is 5.91 Å². The maximum Gasteiger partial charge on any atom is 0.286 e. The molecular weight excluding hydrogens is 383 g/mol. The van der Waals surface area contributed by atoms with Gasteiger partial charge in [0, 0.05) is 11.7 Å². The first-order chi connectivity index (χ1) is 13.2. The molecule has 0 atom stereocenters. The Morgan fingerprint density at radius 2 is 1.86 bits per heavy atom. The molecule has 2 N–H and O–H groups in total. The summed E-state index contributed by atoms with van der Waals surface area (Å²) in [6.07, 6.45) is 0. The minimum atomic E-state index is -3.78. The summed E-state index contributed by atoms with van der Waals surface area (Å²) in [7, 11) is -3.78. The molecule has 1 aliphatic heterocycles. The van der Waals surface area contributed by atoms with E-state index < -0.39 is 10.0 Å². The Morgan fingerprint density at radius 1 is 1.18 bits per heavy atom. The van der Waals surface area contributed by atoms with Crippen LogP contribution in [0.4, 0.5) is 15.8 Å². The van der Waals surface area contributed by atoms with Crippen molar-refractivity contribution in [2.45, 2.75) is 24.8 Å². The number of amidine groups is 1. The van der Waals surface area contributed by atoms with Crippen molar-refractivity contribution in [2.75, 3.05) is 23.7 Å². The Balaban J connectivity index is 1.71. The van der Waals surface area contributed by atoms with Gasteiger partial charge < -0.3 is 10.6 Å². The summed E-state index contributed by atoms with van der Waals surface area (Å²) in [6, 6.07) is 12.0. The number of anilines is 2. The van der Waals surface area contributed by atoms with E-state index >= 15 is 0 Å². The van der Waals surface area contributed by atoms with Crippen molar-refractivity contribution < 1.29 is 17.6 Å². The van der Waals surface area contributed by atoms with Crippen molar-refractivity contribution >= 4 is 33.1 Å². The van der Waals surface area contributed by atoms with E-state index in [-0.39, 0.29) is 41.6 Å². The summed E-state index contributed by atoms with van der Waals surface area (Å²) in [6.45, 7) is 3.98. The van der Waals surface area contributed by atoms with Crippen LogP contribution in [0.3, 0.4) is 0 Å². The minimum Gasteiger partial charge on any atom is -0.341 e. The van der Waals surface area contributed by atoms with Crippen molar-refractivity contribution in [3.63, 3.8) is 0 Å². The molecule has 9 heteroatoms. The fourth-order valence-corrected chi connectivity index (χ4v) is 3.91. The number of nitrogens with zero attached hydrogens (tertiary/aromatic N) is 2. The maximum absolute atomic E-state index is 13.0. The lowest BCUT2D eigenvalue weighted by Crippen LogP contribution is -2.43. The van der Waals surface area contributed by atoms with Crippen LogP contribution in [-0.2, 0) is 14.8 Å². The number of hydrogen-bond acceptors (Lipinski definition) is 5. The van der Waals surface area contributed by atoms with Crippen LogP contribution < -0.4 is 10.6 Å². The molecule has 0 aliphatic carbocycles. The molecule has 2 aromatic carbocycles. The van der Waals surface area contributed by atoms with Gasteiger partial charge >= 0.3 is 0 Å². The Kier molecular flexibility index (Phi) is 5.76. The summed E-state index contributed by atoms with van der Waals surface area (Å²) in [5, 5.41) is 5.72. The molecule has 0 aromatic heterocycles. The summed E-state index contributed by atoms with van der Waals surface area (Å²) in [5.41, 5.74) is 0.951. The van der Waals surface area contributed by atoms with Gasteiger partial charge in [0.15, 0.2) is 0 Å². The number of halogens is 1. The van der Waals surface area contributed by atoms with Crippen LogP contribution in [0.25, 0.3) is 0 Å². The van der Waals surface area contributed by atoms with E-state index in [1.165, 1.54) is 30.3 Å². The van der Waals surface area contributed by atoms with Crippen molar-refractivity contribution in [3.8, 4) is 0 Å². The van der Waals surface area contributed by atoms with Gasteiger partial charge in [-0.05, 0) is 50.2 Å². The molecular formula is C19H21FN4O3S. The molecule has 0 spiro atoms. The lowest BCUT2D eigenvalue weighted by Gasteiger charge is -2.28. The molecule has 0 fully saturated rings. The third kappa shape index (κ3) is 4.73. The topological polar surface area (TPSA) is 90.9 Å². The number of nitrogens with one attached hydrogen (secondary N) is 2.